The summed E-state index contributed by atoms with van der Waals surface area (Å²) >= 11 is 0. The van der Waals surface area contributed by atoms with Gasteiger partial charge in [0.2, 0.25) is 11.8 Å². The van der Waals surface area contributed by atoms with Gasteiger partial charge in [0, 0.05) is 86.0 Å². The Morgan fingerprint density at radius 3 is 2.71 bits per heavy atom. The number of nitrogens with two attached hydrogens (primary N) is 1. The van der Waals surface area contributed by atoms with Crippen molar-refractivity contribution in [3.8, 4) is 11.6 Å². The zero-order chi connectivity index (χ0) is 21.8. The highest BCUT2D eigenvalue weighted by atomic mass is 16.5. The van der Waals surface area contributed by atoms with Crippen molar-refractivity contribution < 1.29 is 9.53 Å². The SMILES string of the molecule is CC(=O)N1CCN(Cc2cc3cc(Oc4ccc(/C(N)=C/C=N)cn4)ccc3[nH]2)CC1. The second-order valence-corrected chi connectivity index (χ2v) is 7.60. The van der Waals surface area contributed by atoms with Gasteiger partial charge in [0.15, 0.2) is 0 Å². The van der Waals surface area contributed by atoms with Crippen LogP contribution in [0.3, 0.4) is 0 Å². The number of carbonyl (C=O) groups excluding carboxylic acids is 1. The van der Waals surface area contributed by atoms with E-state index in [9.17, 15) is 4.79 Å². The maximum atomic E-state index is 11.5. The smallest absolute Gasteiger partial charge is 0.219 e. The van der Waals surface area contributed by atoms with Gasteiger partial charge in [-0.15, -0.1) is 0 Å². The van der Waals surface area contributed by atoms with E-state index in [4.69, 9.17) is 15.9 Å². The number of aromatic nitrogens is 2. The summed E-state index contributed by atoms with van der Waals surface area (Å²) in [6, 6.07) is 11.6. The molecular weight excluding hydrogens is 392 g/mol. The molecule has 1 aliphatic rings. The highest BCUT2D eigenvalue weighted by Crippen LogP contribution is 2.26. The molecule has 1 aromatic carbocycles. The van der Waals surface area contributed by atoms with Crippen LogP contribution in [0, 0.1) is 5.41 Å². The Morgan fingerprint density at radius 1 is 1.23 bits per heavy atom. The maximum Gasteiger partial charge on any atom is 0.219 e. The van der Waals surface area contributed by atoms with E-state index in [1.165, 1.54) is 6.08 Å². The normalized spacial score (nSPS) is 15.3. The number of benzene rings is 1. The molecule has 0 radical (unpaired) electrons. The molecular formula is C23H26N6O2. The lowest BCUT2D eigenvalue weighted by Crippen LogP contribution is -2.47. The van der Waals surface area contributed by atoms with Gasteiger partial charge < -0.3 is 25.8 Å². The third-order valence-electron chi connectivity index (χ3n) is 5.41. The summed E-state index contributed by atoms with van der Waals surface area (Å²) < 4.78 is 5.90. The average molecular weight is 419 g/mol. The van der Waals surface area contributed by atoms with E-state index in [1.54, 1.807) is 19.2 Å². The summed E-state index contributed by atoms with van der Waals surface area (Å²) in [6.07, 6.45) is 4.29. The molecule has 1 aliphatic heterocycles. The van der Waals surface area contributed by atoms with Gasteiger partial charge in [-0.1, -0.05) is 0 Å². The van der Waals surface area contributed by atoms with Gasteiger partial charge >= 0.3 is 0 Å². The number of nitrogens with one attached hydrogen (secondary N) is 2. The first-order valence-electron chi connectivity index (χ1n) is 10.2. The number of pyridine rings is 1. The number of ether oxygens (including phenoxy) is 1. The molecule has 0 unspecified atom stereocenters. The molecule has 3 aromatic rings. The number of fused-ring (bicyclic) bond motifs is 1. The molecule has 1 fully saturated rings. The Bertz CT molecular complexity index is 1110. The first kappa shape index (κ1) is 20.6. The summed E-state index contributed by atoms with van der Waals surface area (Å²) in [5.41, 5.74) is 9.28. The van der Waals surface area contributed by atoms with Crippen molar-refractivity contribution in [2.24, 2.45) is 5.73 Å². The largest absolute Gasteiger partial charge is 0.439 e. The van der Waals surface area contributed by atoms with E-state index in [0.29, 0.717) is 17.3 Å². The lowest BCUT2D eigenvalue weighted by atomic mass is 10.2. The number of aromatic amines is 1. The zero-order valence-electron chi connectivity index (χ0n) is 17.5. The van der Waals surface area contributed by atoms with Gasteiger partial charge in [-0.3, -0.25) is 9.69 Å². The number of rotatable bonds is 6. The standard InChI is InChI=1S/C23H26N6O2/c1-16(30)29-10-8-28(9-11-29)15-19-12-18-13-20(3-4-22(18)27-19)31-23-5-2-17(14-26-23)21(25)6-7-24/h2-7,12-14,24,27H,8-11,15,25H2,1H3/b21-6-,24-7?. The molecule has 4 rings (SSSR count). The Morgan fingerprint density at radius 2 is 2.03 bits per heavy atom. The second-order valence-electron chi connectivity index (χ2n) is 7.60. The Balaban J connectivity index is 1.41. The van der Waals surface area contributed by atoms with Gasteiger partial charge in [0.1, 0.15) is 5.75 Å². The molecule has 0 bridgehead atoms. The Labute approximate surface area is 180 Å². The van der Waals surface area contributed by atoms with Crippen LogP contribution in [0.1, 0.15) is 18.2 Å². The zero-order valence-corrected chi connectivity index (χ0v) is 17.5. The predicted molar refractivity (Wildman–Crippen MR) is 121 cm³/mol. The van der Waals surface area contributed by atoms with Crippen LogP contribution in [0.25, 0.3) is 16.6 Å². The molecule has 8 nitrogen and oxygen atoms in total. The molecule has 160 valence electrons. The predicted octanol–water partition coefficient (Wildman–Crippen LogP) is 2.97. The van der Waals surface area contributed by atoms with Crippen molar-refractivity contribution in [1.82, 2.24) is 19.8 Å². The van der Waals surface area contributed by atoms with Crippen LogP contribution < -0.4 is 10.5 Å². The fourth-order valence-corrected chi connectivity index (χ4v) is 3.70. The average Bonchev–Trinajstić information content (AvgIpc) is 3.16. The lowest BCUT2D eigenvalue weighted by molar-refractivity contribution is -0.130. The van der Waals surface area contributed by atoms with Crippen LogP contribution in [-0.2, 0) is 11.3 Å². The van der Waals surface area contributed by atoms with Crippen molar-refractivity contribution in [2.45, 2.75) is 13.5 Å². The third-order valence-corrected chi connectivity index (χ3v) is 5.41. The molecule has 0 aliphatic carbocycles. The maximum absolute atomic E-state index is 11.5. The number of H-pyrrole nitrogens is 1. The van der Waals surface area contributed by atoms with Crippen molar-refractivity contribution in [2.75, 3.05) is 26.2 Å². The molecule has 0 saturated carbocycles. The third kappa shape index (κ3) is 4.92. The summed E-state index contributed by atoms with van der Waals surface area (Å²) in [7, 11) is 0. The van der Waals surface area contributed by atoms with Crippen LogP contribution in [0.5, 0.6) is 11.6 Å². The lowest BCUT2D eigenvalue weighted by Gasteiger charge is -2.33. The van der Waals surface area contributed by atoms with Crippen molar-refractivity contribution in [3.05, 3.63) is 59.9 Å². The first-order chi connectivity index (χ1) is 15.0. The number of hydrogen-bond donors (Lipinski definition) is 3. The minimum absolute atomic E-state index is 0.146. The fourth-order valence-electron chi connectivity index (χ4n) is 3.70. The topological polar surface area (TPSA) is 111 Å². The monoisotopic (exact) mass is 418 g/mol. The van der Waals surface area contributed by atoms with E-state index in [2.05, 4.69) is 20.9 Å². The number of carbonyl (C=O) groups is 1. The van der Waals surface area contributed by atoms with E-state index < -0.39 is 0 Å². The molecule has 31 heavy (non-hydrogen) atoms. The van der Waals surface area contributed by atoms with E-state index in [-0.39, 0.29) is 5.91 Å². The fraction of sp³-hybridized carbons (Fsp3) is 0.261. The van der Waals surface area contributed by atoms with Crippen LogP contribution in [0.2, 0.25) is 0 Å². The first-order valence-corrected chi connectivity index (χ1v) is 10.2. The number of hydrogen-bond acceptors (Lipinski definition) is 6. The van der Waals surface area contributed by atoms with Gasteiger partial charge in [-0.05, 0) is 36.4 Å². The summed E-state index contributed by atoms with van der Waals surface area (Å²) in [6.45, 7) is 5.77. The highest BCUT2D eigenvalue weighted by molar-refractivity contribution is 5.82. The van der Waals surface area contributed by atoms with Gasteiger partial charge in [0.25, 0.3) is 0 Å². The molecule has 8 heteroatoms. The molecule has 3 heterocycles. The molecule has 2 aromatic heterocycles. The summed E-state index contributed by atoms with van der Waals surface area (Å²) in [5, 5.41) is 8.16. The Kier molecular flexibility index (Phi) is 5.99. The van der Waals surface area contributed by atoms with Crippen molar-refractivity contribution in [3.63, 3.8) is 0 Å². The van der Waals surface area contributed by atoms with Crippen molar-refractivity contribution in [1.29, 1.82) is 5.41 Å². The van der Waals surface area contributed by atoms with Gasteiger partial charge in [-0.2, -0.15) is 0 Å². The number of amides is 1. The van der Waals surface area contributed by atoms with Gasteiger partial charge in [-0.25, -0.2) is 4.98 Å². The molecule has 1 saturated heterocycles. The summed E-state index contributed by atoms with van der Waals surface area (Å²) in [5.74, 6) is 1.33. The van der Waals surface area contributed by atoms with E-state index in [1.807, 2.05) is 29.2 Å². The minimum atomic E-state index is 0.146. The van der Waals surface area contributed by atoms with E-state index in [0.717, 1.165) is 61.1 Å². The van der Waals surface area contributed by atoms with Crippen LogP contribution in [0.4, 0.5) is 0 Å². The quantitative estimate of drug-likeness (QED) is 0.533. The van der Waals surface area contributed by atoms with Crippen LogP contribution >= 0.6 is 0 Å². The second kappa shape index (κ2) is 9.01. The Hall–Kier alpha value is -3.65. The van der Waals surface area contributed by atoms with E-state index >= 15 is 0 Å². The van der Waals surface area contributed by atoms with Gasteiger partial charge in [0.05, 0.1) is 0 Å². The minimum Gasteiger partial charge on any atom is -0.439 e. The molecule has 1 amide bonds. The van der Waals surface area contributed by atoms with Crippen LogP contribution in [-0.4, -0.2) is 58.1 Å². The number of piperazine rings is 1. The highest BCUT2D eigenvalue weighted by Gasteiger charge is 2.19. The summed E-state index contributed by atoms with van der Waals surface area (Å²) in [4.78, 5) is 23.5. The van der Waals surface area contributed by atoms with Crippen molar-refractivity contribution >= 4 is 28.7 Å². The molecule has 0 spiro atoms. The number of allylic oxidation sites excluding steroid dienone is 1. The van der Waals surface area contributed by atoms with Crippen LogP contribution in [0.15, 0.2) is 48.7 Å². The number of nitrogens with zero attached hydrogens (tertiary/aromatic N) is 3. The molecule has 4 N–H and O–H groups in total. The molecule has 0 atom stereocenters.